The second kappa shape index (κ2) is 7.05. The van der Waals surface area contributed by atoms with E-state index in [4.69, 9.17) is 11.6 Å². The minimum Gasteiger partial charge on any atom is -0.289 e. The van der Waals surface area contributed by atoms with Crippen molar-refractivity contribution in [3.63, 3.8) is 0 Å². The van der Waals surface area contributed by atoms with Crippen LogP contribution in [-0.2, 0) is 0 Å². The average Bonchev–Trinajstić information content (AvgIpc) is 3.27. The van der Waals surface area contributed by atoms with Crippen LogP contribution in [0.4, 0.5) is 5.95 Å². The zero-order chi connectivity index (χ0) is 18.8. The Balaban J connectivity index is 1.59. The second-order valence-electron chi connectivity index (χ2n) is 5.83. The fourth-order valence-corrected chi connectivity index (χ4v) is 3.06. The number of aromatic nitrogens is 5. The van der Waals surface area contributed by atoms with Gasteiger partial charge < -0.3 is 0 Å². The molecule has 0 atom stereocenters. The van der Waals surface area contributed by atoms with E-state index in [0.717, 1.165) is 11.3 Å². The summed E-state index contributed by atoms with van der Waals surface area (Å²) in [6, 6.07) is 18.9. The van der Waals surface area contributed by atoms with Crippen LogP contribution >= 0.6 is 11.6 Å². The van der Waals surface area contributed by atoms with Crippen LogP contribution in [0, 0.1) is 6.92 Å². The van der Waals surface area contributed by atoms with E-state index in [1.807, 2.05) is 60.7 Å². The molecule has 0 aliphatic heterocycles. The highest BCUT2D eigenvalue weighted by Gasteiger charge is 2.22. The van der Waals surface area contributed by atoms with Crippen molar-refractivity contribution in [1.82, 2.24) is 25.0 Å². The van der Waals surface area contributed by atoms with Crippen molar-refractivity contribution in [3.05, 3.63) is 77.1 Å². The van der Waals surface area contributed by atoms with Crippen LogP contribution in [0.15, 0.2) is 60.7 Å². The first kappa shape index (κ1) is 17.0. The van der Waals surface area contributed by atoms with Gasteiger partial charge in [0.1, 0.15) is 10.7 Å². The topological polar surface area (TPSA) is 88.5 Å². The Morgan fingerprint density at radius 3 is 2.44 bits per heavy atom. The van der Waals surface area contributed by atoms with Gasteiger partial charge in [0.15, 0.2) is 5.82 Å². The Bertz CT molecular complexity index is 1090. The molecule has 0 saturated carbocycles. The van der Waals surface area contributed by atoms with Crippen molar-refractivity contribution in [2.24, 2.45) is 0 Å². The Labute approximate surface area is 160 Å². The molecular weight excluding hydrogens is 364 g/mol. The molecule has 0 aliphatic rings. The van der Waals surface area contributed by atoms with Crippen molar-refractivity contribution in [2.75, 3.05) is 5.32 Å². The van der Waals surface area contributed by atoms with Gasteiger partial charge in [0.05, 0.1) is 11.4 Å². The number of para-hydroxylation sites is 1. The summed E-state index contributed by atoms with van der Waals surface area (Å²) in [5.41, 5.74) is 2.44. The number of nitrogens with one attached hydrogen (secondary N) is 2. The quantitative estimate of drug-likeness (QED) is 0.564. The fourth-order valence-electron chi connectivity index (χ4n) is 2.70. The zero-order valence-electron chi connectivity index (χ0n) is 14.3. The number of H-pyrrole nitrogens is 1. The fraction of sp³-hybridized carbons (Fsp3) is 0.0526. The maximum absolute atomic E-state index is 12.7. The first-order valence-corrected chi connectivity index (χ1v) is 8.61. The van der Waals surface area contributed by atoms with Gasteiger partial charge >= 0.3 is 0 Å². The molecule has 0 unspecified atom stereocenters. The van der Waals surface area contributed by atoms with E-state index in [0.29, 0.717) is 11.5 Å². The van der Waals surface area contributed by atoms with E-state index in [1.54, 1.807) is 6.92 Å². The monoisotopic (exact) mass is 378 g/mol. The van der Waals surface area contributed by atoms with Gasteiger partial charge in [0.25, 0.3) is 5.91 Å². The van der Waals surface area contributed by atoms with Crippen LogP contribution in [0.3, 0.4) is 0 Å². The molecule has 1 amide bonds. The standard InChI is InChI=1S/C19H15ClN6O/c1-12-15(16(20)26(25-12)14-10-6-3-7-11-14)18(27)22-19-21-17(23-24-19)13-8-4-2-5-9-13/h2-11H,1H3,(H2,21,22,23,24,27). The molecule has 2 N–H and O–H groups in total. The Morgan fingerprint density at radius 1 is 1.07 bits per heavy atom. The number of hydrogen-bond acceptors (Lipinski definition) is 4. The highest BCUT2D eigenvalue weighted by molar-refractivity contribution is 6.33. The number of anilines is 1. The second-order valence-corrected chi connectivity index (χ2v) is 6.18. The first-order valence-electron chi connectivity index (χ1n) is 8.23. The molecule has 4 rings (SSSR count). The average molecular weight is 379 g/mol. The van der Waals surface area contributed by atoms with E-state index in [9.17, 15) is 4.79 Å². The molecular formula is C19H15ClN6O. The molecule has 2 aromatic heterocycles. The third kappa shape index (κ3) is 3.32. The third-order valence-corrected chi connectivity index (χ3v) is 4.34. The largest absolute Gasteiger partial charge is 0.289 e. The highest BCUT2D eigenvalue weighted by Crippen LogP contribution is 2.24. The number of carbonyl (C=O) groups is 1. The van der Waals surface area contributed by atoms with Crippen molar-refractivity contribution in [3.8, 4) is 17.1 Å². The summed E-state index contributed by atoms with van der Waals surface area (Å²) in [4.78, 5) is 17.0. The van der Waals surface area contributed by atoms with E-state index in [-0.39, 0.29) is 16.7 Å². The van der Waals surface area contributed by atoms with Crippen LogP contribution in [-0.4, -0.2) is 30.9 Å². The molecule has 4 aromatic rings. The molecule has 2 heterocycles. The number of aryl methyl sites for hydroxylation is 1. The van der Waals surface area contributed by atoms with Crippen LogP contribution in [0.5, 0.6) is 0 Å². The Hall–Kier alpha value is -3.45. The minimum atomic E-state index is -0.418. The smallest absolute Gasteiger partial charge is 0.263 e. The molecule has 0 saturated heterocycles. The normalized spacial score (nSPS) is 10.7. The van der Waals surface area contributed by atoms with Crippen molar-refractivity contribution >= 4 is 23.5 Å². The maximum Gasteiger partial charge on any atom is 0.263 e. The summed E-state index contributed by atoms with van der Waals surface area (Å²) < 4.78 is 1.53. The predicted octanol–water partition coefficient (Wildman–Crippen LogP) is 3.87. The number of benzene rings is 2. The summed E-state index contributed by atoms with van der Waals surface area (Å²) in [6.07, 6.45) is 0. The minimum absolute atomic E-state index is 0.168. The zero-order valence-corrected chi connectivity index (χ0v) is 15.1. The van der Waals surface area contributed by atoms with Crippen molar-refractivity contribution in [2.45, 2.75) is 6.92 Å². The summed E-state index contributed by atoms with van der Waals surface area (Å²) in [6.45, 7) is 1.73. The predicted molar refractivity (Wildman–Crippen MR) is 103 cm³/mol. The Morgan fingerprint density at radius 2 is 1.74 bits per heavy atom. The van der Waals surface area contributed by atoms with Crippen LogP contribution < -0.4 is 5.32 Å². The van der Waals surface area contributed by atoms with Gasteiger partial charge in [-0.15, -0.1) is 5.10 Å². The lowest BCUT2D eigenvalue weighted by Gasteiger charge is -2.03. The molecule has 0 spiro atoms. The summed E-state index contributed by atoms with van der Waals surface area (Å²) in [7, 11) is 0. The molecule has 0 bridgehead atoms. The van der Waals surface area contributed by atoms with Gasteiger partial charge in [0, 0.05) is 5.56 Å². The molecule has 134 valence electrons. The summed E-state index contributed by atoms with van der Waals surface area (Å²) in [5.74, 6) is 0.314. The van der Waals surface area contributed by atoms with Crippen LogP contribution in [0.1, 0.15) is 16.1 Å². The van der Waals surface area contributed by atoms with E-state index >= 15 is 0 Å². The van der Waals surface area contributed by atoms with Gasteiger partial charge in [-0.1, -0.05) is 60.1 Å². The van der Waals surface area contributed by atoms with E-state index in [1.165, 1.54) is 4.68 Å². The van der Waals surface area contributed by atoms with Gasteiger partial charge in [-0.2, -0.15) is 10.1 Å². The number of nitrogens with zero attached hydrogens (tertiary/aromatic N) is 4. The van der Waals surface area contributed by atoms with Crippen LogP contribution in [0.2, 0.25) is 5.15 Å². The highest BCUT2D eigenvalue weighted by atomic mass is 35.5. The number of rotatable bonds is 4. The third-order valence-electron chi connectivity index (χ3n) is 3.99. The molecule has 0 fully saturated rings. The molecule has 27 heavy (non-hydrogen) atoms. The number of amides is 1. The van der Waals surface area contributed by atoms with Crippen molar-refractivity contribution in [1.29, 1.82) is 0 Å². The Kier molecular flexibility index (Phi) is 4.43. The van der Waals surface area contributed by atoms with Gasteiger partial charge in [-0.3, -0.25) is 15.2 Å². The lowest BCUT2D eigenvalue weighted by atomic mass is 10.2. The molecule has 2 aromatic carbocycles. The number of halogens is 1. The summed E-state index contributed by atoms with van der Waals surface area (Å²) in [5, 5.41) is 14.1. The maximum atomic E-state index is 12.7. The van der Waals surface area contributed by atoms with Gasteiger partial charge in [0.2, 0.25) is 5.95 Å². The van der Waals surface area contributed by atoms with E-state index in [2.05, 4.69) is 25.6 Å². The lowest BCUT2D eigenvalue weighted by Crippen LogP contribution is -2.14. The van der Waals surface area contributed by atoms with E-state index < -0.39 is 5.91 Å². The van der Waals surface area contributed by atoms with Crippen molar-refractivity contribution < 1.29 is 4.79 Å². The molecule has 8 heteroatoms. The summed E-state index contributed by atoms with van der Waals surface area (Å²) >= 11 is 6.42. The number of aromatic amines is 1. The molecule has 0 aliphatic carbocycles. The number of carbonyl (C=O) groups excluding carboxylic acids is 1. The number of hydrogen-bond donors (Lipinski definition) is 2. The van der Waals surface area contributed by atoms with Gasteiger partial charge in [-0.05, 0) is 19.1 Å². The first-order chi connectivity index (χ1) is 13.1. The van der Waals surface area contributed by atoms with Crippen LogP contribution in [0.25, 0.3) is 17.1 Å². The van der Waals surface area contributed by atoms with Gasteiger partial charge in [-0.25, -0.2) is 4.68 Å². The molecule has 7 nitrogen and oxygen atoms in total. The lowest BCUT2D eigenvalue weighted by molar-refractivity contribution is 0.102. The SMILES string of the molecule is Cc1nn(-c2ccccc2)c(Cl)c1C(=O)Nc1n[nH]c(-c2ccccc2)n1. The molecule has 0 radical (unpaired) electrons.